The van der Waals surface area contributed by atoms with Crippen LogP contribution in [0.1, 0.15) is 38.4 Å². The molecule has 102 valence electrons. The zero-order valence-electron chi connectivity index (χ0n) is 10.9. The van der Waals surface area contributed by atoms with E-state index in [-0.39, 0.29) is 12.1 Å². The number of hydrogen-bond acceptors (Lipinski definition) is 2. The van der Waals surface area contributed by atoms with Gasteiger partial charge in [0.05, 0.1) is 6.10 Å². The van der Waals surface area contributed by atoms with E-state index >= 15 is 0 Å². The van der Waals surface area contributed by atoms with Gasteiger partial charge in [0.1, 0.15) is 11.6 Å². The molecule has 1 aromatic rings. The van der Waals surface area contributed by atoms with Crippen molar-refractivity contribution >= 4 is 0 Å². The minimum atomic E-state index is -0.940. The van der Waals surface area contributed by atoms with E-state index in [0.717, 1.165) is 31.5 Å². The van der Waals surface area contributed by atoms with Crippen LogP contribution in [0.5, 0.6) is 0 Å². The first-order valence-electron chi connectivity index (χ1n) is 6.34. The van der Waals surface area contributed by atoms with Crippen molar-refractivity contribution in [2.24, 2.45) is 5.92 Å². The van der Waals surface area contributed by atoms with Gasteiger partial charge in [0.25, 0.3) is 0 Å². The van der Waals surface area contributed by atoms with E-state index in [0.29, 0.717) is 5.92 Å². The highest BCUT2D eigenvalue weighted by atomic mass is 19.1. The van der Waals surface area contributed by atoms with Crippen LogP contribution in [-0.2, 0) is 0 Å². The quantitative estimate of drug-likeness (QED) is 0.736. The molecule has 1 aromatic carbocycles. The van der Waals surface area contributed by atoms with Crippen molar-refractivity contribution in [3.8, 4) is 0 Å². The summed E-state index contributed by atoms with van der Waals surface area (Å²) in [6, 6.07) is 3.23. The van der Waals surface area contributed by atoms with Crippen LogP contribution in [0, 0.1) is 17.6 Å². The average Bonchev–Trinajstić information content (AvgIpc) is 2.27. The lowest BCUT2D eigenvalue weighted by Crippen LogP contribution is -2.23. The number of hydrogen-bond donors (Lipinski definition) is 2. The molecule has 0 radical (unpaired) electrons. The maximum absolute atomic E-state index is 13.4. The van der Waals surface area contributed by atoms with Gasteiger partial charge >= 0.3 is 0 Å². The molecular weight excluding hydrogens is 236 g/mol. The Morgan fingerprint density at radius 1 is 1.28 bits per heavy atom. The van der Waals surface area contributed by atoms with Crippen molar-refractivity contribution in [2.45, 2.75) is 32.8 Å². The summed E-state index contributed by atoms with van der Waals surface area (Å²) in [7, 11) is 0. The highest BCUT2D eigenvalue weighted by Crippen LogP contribution is 2.17. The third kappa shape index (κ3) is 5.10. The van der Waals surface area contributed by atoms with Crippen LogP contribution >= 0.6 is 0 Å². The predicted octanol–water partition coefficient (Wildman–Crippen LogP) is 3.02. The molecule has 0 saturated heterocycles. The maximum atomic E-state index is 13.4. The van der Waals surface area contributed by atoms with Crippen LogP contribution in [0.3, 0.4) is 0 Å². The first-order chi connectivity index (χ1) is 8.50. The summed E-state index contributed by atoms with van der Waals surface area (Å²) in [5, 5.41) is 12.8. The smallest absolute Gasteiger partial charge is 0.131 e. The van der Waals surface area contributed by atoms with Crippen LogP contribution in [0.15, 0.2) is 18.2 Å². The number of aliphatic hydroxyl groups is 1. The first kappa shape index (κ1) is 15.1. The Balaban J connectivity index is 2.34. The highest BCUT2D eigenvalue weighted by molar-refractivity contribution is 5.21. The molecule has 0 fully saturated rings. The molecule has 1 unspecified atom stereocenters. The molecule has 2 nitrogen and oxygen atoms in total. The highest BCUT2D eigenvalue weighted by Gasteiger charge is 2.12. The van der Waals surface area contributed by atoms with E-state index in [4.69, 9.17) is 0 Å². The van der Waals surface area contributed by atoms with Crippen LogP contribution < -0.4 is 5.32 Å². The van der Waals surface area contributed by atoms with Crippen LogP contribution in [0.4, 0.5) is 8.78 Å². The zero-order chi connectivity index (χ0) is 13.5. The second-order valence-electron chi connectivity index (χ2n) is 4.92. The molecule has 0 saturated carbocycles. The summed E-state index contributed by atoms with van der Waals surface area (Å²) in [6.07, 6.45) is 1.20. The largest absolute Gasteiger partial charge is 0.387 e. The van der Waals surface area contributed by atoms with Gasteiger partial charge in [-0.25, -0.2) is 8.78 Å². The second kappa shape index (κ2) is 7.44. The normalized spacial score (nSPS) is 13.0. The molecule has 0 aliphatic heterocycles. The molecule has 1 rings (SSSR count). The summed E-state index contributed by atoms with van der Waals surface area (Å²) < 4.78 is 26.1. The molecule has 2 N–H and O–H groups in total. The summed E-state index contributed by atoms with van der Waals surface area (Å²) in [6.45, 7) is 5.38. The van der Waals surface area contributed by atoms with Gasteiger partial charge in [0, 0.05) is 18.2 Å². The number of rotatable bonds is 7. The van der Waals surface area contributed by atoms with Crippen molar-refractivity contribution in [2.75, 3.05) is 13.1 Å². The fourth-order valence-electron chi connectivity index (χ4n) is 1.76. The average molecular weight is 257 g/mol. The van der Waals surface area contributed by atoms with Crippen molar-refractivity contribution in [1.29, 1.82) is 0 Å². The Hall–Kier alpha value is -1.00. The molecule has 0 amide bonds. The van der Waals surface area contributed by atoms with E-state index in [1.807, 2.05) is 0 Å². The standard InChI is InChI=1S/C14H21F2NO/c1-10(2)4-3-7-17-9-14(18)12-6-5-11(15)8-13(12)16/h5-6,8,10,14,17-18H,3-4,7,9H2,1-2H3. The van der Waals surface area contributed by atoms with Crippen molar-refractivity contribution < 1.29 is 13.9 Å². The first-order valence-corrected chi connectivity index (χ1v) is 6.34. The Morgan fingerprint density at radius 3 is 2.61 bits per heavy atom. The topological polar surface area (TPSA) is 32.3 Å². The maximum Gasteiger partial charge on any atom is 0.131 e. The predicted molar refractivity (Wildman–Crippen MR) is 68.3 cm³/mol. The molecule has 0 aliphatic rings. The third-order valence-corrected chi connectivity index (χ3v) is 2.79. The molecular formula is C14H21F2NO. The zero-order valence-corrected chi connectivity index (χ0v) is 10.9. The third-order valence-electron chi connectivity index (χ3n) is 2.79. The van der Waals surface area contributed by atoms with Gasteiger partial charge in [-0.1, -0.05) is 19.9 Å². The fraction of sp³-hybridized carbons (Fsp3) is 0.571. The Labute approximate surface area is 107 Å². The van der Waals surface area contributed by atoms with Crippen molar-refractivity contribution in [3.05, 3.63) is 35.4 Å². The second-order valence-corrected chi connectivity index (χ2v) is 4.92. The van der Waals surface area contributed by atoms with Crippen LogP contribution in [-0.4, -0.2) is 18.2 Å². The summed E-state index contributed by atoms with van der Waals surface area (Å²) >= 11 is 0. The molecule has 0 bridgehead atoms. The minimum absolute atomic E-state index is 0.132. The summed E-state index contributed by atoms with van der Waals surface area (Å²) in [5.41, 5.74) is 0.132. The SMILES string of the molecule is CC(C)CCCNCC(O)c1ccc(F)cc1F. The molecule has 0 heterocycles. The van der Waals surface area contributed by atoms with E-state index < -0.39 is 17.7 Å². The van der Waals surface area contributed by atoms with Crippen LogP contribution in [0.2, 0.25) is 0 Å². The summed E-state index contributed by atoms with van der Waals surface area (Å²) in [4.78, 5) is 0. The molecule has 0 aromatic heterocycles. The van der Waals surface area contributed by atoms with E-state index in [1.165, 1.54) is 6.07 Å². The lowest BCUT2D eigenvalue weighted by atomic mass is 10.1. The Morgan fingerprint density at radius 2 is 2.00 bits per heavy atom. The van der Waals surface area contributed by atoms with Crippen molar-refractivity contribution in [1.82, 2.24) is 5.32 Å². The van der Waals surface area contributed by atoms with Gasteiger partial charge < -0.3 is 10.4 Å². The van der Waals surface area contributed by atoms with E-state index in [2.05, 4.69) is 19.2 Å². The van der Waals surface area contributed by atoms with E-state index in [1.54, 1.807) is 0 Å². The molecule has 1 atom stereocenters. The molecule has 18 heavy (non-hydrogen) atoms. The monoisotopic (exact) mass is 257 g/mol. The number of nitrogens with one attached hydrogen (secondary N) is 1. The van der Waals surface area contributed by atoms with Gasteiger partial charge in [-0.05, 0) is 31.4 Å². The van der Waals surface area contributed by atoms with Gasteiger partial charge in [0.15, 0.2) is 0 Å². The molecule has 4 heteroatoms. The van der Waals surface area contributed by atoms with Gasteiger partial charge in [-0.15, -0.1) is 0 Å². The fourth-order valence-corrected chi connectivity index (χ4v) is 1.76. The lowest BCUT2D eigenvalue weighted by molar-refractivity contribution is 0.170. The number of halogens is 2. The number of aliphatic hydroxyl groups excluding tert-OH is 1. The molecule has 0 spiro atoms. The van der Waals surface area contributed by atoms with Crippen LogP contribution in [0.25, 0.3) is 0 Å². The van der Waals surface area contributed by atoms with Gasteiger partial charge in [-0.2, -0.15) is 0 Å². The molecule has 0 aliphatic carbocycles. The Kier molecular flexibility index (Phi) is 6.22. The summed E-state index contributed by atoms with van der Waals surface area (Å²) in [5.74, 6) is -0.675. The lowest BCUT2D eigenvalue weighted by Gasteiger charge is -2.13. The Bertz CT molecular complexity index is 369. The minimum Gasteiger partial charge on any atom is -0.387 e. The number of benzene rings is 1. The van der Waals surface area contributed by atoms with E-state index in [9.17, 15) is 13.9 Å². The van der Waals surface area contributed by atoms with Gasteiger partial charge in [0.2, 0.25) is 0 Å². The van der Waals surface area contributed by atoms with Crippen molar-refractivity contribution in [3.63, 3.8) is 0 Å². The van der Waals surface area contributed by atoms with Gasteiger partial charge in [-0.3, -0.25) is 0 Å².